The highest BCUT2D eigenvalue weighted by molar-refractivity contribution is 7.98. The molecule has 19 heavy (non-hydrogen) atoms. The van der Waals surface area contributed by atoms with Crippen LogP contribution in [0.15, 0.2) is 46.5 Å². The topological polar surface area (TPSA) is 98.0 Å². The molecule has 0 amide bonds. The summed E-state index contributed by atoms with van der Waals surface area (Å²) >= 11 is 1.47. The molecule has 1 aromatic carbocycles. The Morgan fingerprint density at radius 2 is 1.84 bits per heavy atom. The predicted octanol–water partition coefficient (Wildman–Crippen LogP) is 1.58. The number of benzene rings is 1. The zero-order valence-electron chi connectivity index (χ0n) is 10.1. The summed E-state index contributed by atoms with van der Waals surface area (Å²) in [6.45, 7) is 0. The monoisotopic (exact) mass is 296 g/mol. The van der Waals surface area contributed by atoms with Gasteiger partial charge in [-0.15, -0.1) is 11.8 Å². The largest absolute Gasteiger partial charge is 0.398 e. The van der Waals surface area contributed by atoms with Gasteiger partial charge in [0, 0.05) is 17.3 Å². The molecule has 1 heterocycles. The van der Waals surface area contributed by atoms with Crippen molar-refractivity contribution in [2.24, 2.45) is 0 Å². The van der Waals surface area contributed by atoms with Gasteiger partial charge in [-0.2, -0.15) is 0 Å². The van der Waals surface area contributed by atoms with Crippen molar-refractivity contribution in [2.75, 3.05) is 16.7 Å². The lowest BCUT2D eigenvalue weighted by atomic mass is 10.3. The van der Waals surface area contributed by atoms with Crippen molar-refractivity contribution in [1.29, 1.82) is 0 Å². The molecule has 3 N–H and O–H groups in total. The number of anilines is 2. The maximum Gasteiger partial charge on any atom is 0.266 e. The zero-order chi connectivity index (χ0) is 13.9. The van der Waals surface area contributed by atoms with E-state index in [0.29, 0.717) is 0 Å². The third-order valence-electron chi connectivity index (χ3n) is 2.30. The van der Waals surface area contributed by atoms with Gasteiger partial charge in [-0.05, 0) is 18.4 Å². The molecule has 0 fully saturated rings. The third-order valence-corrected chi connectivity index (χ3v) is 4.38. The minimum absolute atomic E-state index is 0.00698. The molecule has 0 bridgehead atoms. The van der Waals surface area contributed by atoms with Crippen LogP contribution in [-0.2, 0) is 10.0 Å². The van der Waals surface area contributed by atoms with Crippen LogP contribution in [-0.4, -0.2) is 24.6 Å². The van der Waals surface area contributed by atoms with Gasteiger partial charge in [-0.25, -0.2) is 23.1 Å². The van der Waals surface area contributed by atoms with Crippen LogP contribution in [0.3, 0.4) is 0 Å². The number of sulfonamides is 1. The van der Waals surface area contributed by atoms with Gasteiger partial charge in [-0.1, -0.05) is 12.1 Å². The number of hydrogen-bond acceptors (Lipinski definition) is 6. The number of rotatable bonds is 4. The van der Waals surface area contributed by atoms with Crippen LogP contribution in [0.2, 0.25) is 0 Å². The number of hydrogen-bond donors (Lipinski definition) is 2. The summed E-state index contributed by atoms with van der Waals surface area (Å²) in [6, 6.07) is 6.21. The van der Waals surface area contributed by atoms with Crippen LogP contribution in [0, 0.1) is 0 Å². The van der Waals surface area contributed by atoms with Gasteiger partial charge in [0.2, 0.25) is 5.95 Å². The summed E-state index contributed by atoms with van der Waals surface area (Å²) in [5, 5.41) is 0. The van der Waals surface area contributed by atoms with Crippen LogP contribution in [0.1, 0.15) is 0 Å². The molecule has 0 saturated carbocycles. The van der Waals surface area contributed by atoms with Crippen LogP contribution in [0.5, 0.6) is 0 Å². The van der Waals surface area contributed by atoms with E-state index in [-0.39, 0.29) is 16.5 Å². The Kier molecular flexibility index (Phi) is 3.91. The fourth-order valence-corrected chi connectivity index (χ4v) is 2.78. The van der Waals surface area contributed by atoms with E-state index < -0.39 is 10.0 Å². The van der Waals surface area contributed by atoms with Crippen molar-refractivity contribution in [3.63, 3.8) is 0 Å². The van der Waals surface area contributed by atoms with Crippen molar-refractivity contribution in [2.45, 2.75) is 9.79 Å². The van der Waals surface area contributed by atoms with Gasteiger partial charge in [0.15, 0.2) is 0 Å². The number of para-hydroxylation sites is 1. The second kappa shape index (κ2) is 5.45. The fraction of sp³-hybridized carbons (Fsp3) is 0.0909. The van der Waals surface area contributed by atoms with E-state index in [1.165, 1.54) is 23.9 Å². The van der Waals surface area contributed by atoms with E-state index in [1.807, 2.05) is 6.26 Å². The summed E-state index contributed by atoms with van der Waals surface area (Å²) in [5.41, 5.74) is 5.82. The molecule has 6 nitrogen and oxygen atoms in total. The van der Waals surface area contributed by atoms with Crippen molar-refractivity contribution in [1.82, 2.24) is 9.97 Å². The second-order valence-electron chi connectivity index (χ2n) is 3.59. The van der Waals surface area contributed by atoms with E-state index in [2.05, 4.69) is 14.7 Å². The molecule has 2 aromatic rings. The number of aromatic nitrogens is 2. The fourth-order valence-electron chi connectivity index (χ4n) is 1.37. The molecule has 1 aromatic heterocycles. The molecule has 0 radical (unpaired) electrons. The highest BCUT2D eigenvalue weighted by Gasteiger charge is 2.18. The smallest absolute Gasteiger partial charge is 0.266 e. The highest BCUT2D eigenvalue weighted by atomic mass is 32.2. The molecular weight excluding hydrogens is 284 g/mol. The van der Waals surface area contributed by atoms with Gasteiger partial charge >= 0.3 is 0 Å². The standard InChI is InChI=1S/C11H12N4O2S2/c1-18-8-6-13-11(14-7-8)15-19(16,17)10-5-3-2-4-9(10)12/h2-7H,12H2,1H3,(H,13,14,15). The minimum atomic E-state index is -3.77. The predicted molar refractivity (Wildman–Crippen MR) is 75.5 cm³/mol. The normalized spacial score (nSPS) is 11.2. The molecule has 2 rings (SSSR count). The third kappa shape index (κ3) is 3.15. The Morgan fingerprint density at radius 1 is 1.21 bits per heavy atom. The molecule has 0 aliphatic rings. The lowest BCUT2D eigenvalue weighted by Crippen LogP contribution is -2.16. The number of nitrogens with zero attached hydrogens (tertiary/aromatic N) is 2. The summed E-state index contributed by atoms with van der Waals surface area (Å²) < 4.78 is 26.5. The Balaban J connectivity index is 2.28. The Hall–Kier alpha value is -1.80. The molecule has 0 saturated heterocycles. The lowest BCUT2D eigenvalue weighted by molar-refractivity contribution is 0.601. The molecule has 0 aliphatic heterocycles. The molecule has 8 heteroatoms. The first kappa shape index (κ1) is 13.6. The van der Waals surface area contributed by atoms with E-state index in [1.54, 1.807) is 24.5 Å². The maximum absolute atomic E-state index is 12.1. The van der Waals surface area contributed by atoms with Crippen molar-refractivity contribution in [3.05, 3.63) is 36.7 Å². The lowest BCUT2D eigenvalue weighted by Gasteiger charge is -2.08. The first-order chi connectivity index (χ1) is 9.03. The summed E-state index contributed by atoms with van der Waals surface area (Å²) in [5.74, 6) is 0.0149. The van der Waals surface area contributed by atoms with Gasteiger partial charge in [-0.3, -0.25) is 0 Å². The summed E-state index contributed by atoms with van der Waals surface area (Å²) in [6.07, 6.45) is 4.97. The quantitative estimate of drug-likeness (QED) is 0.656. The van der Waals surface area contributed by atoms with E-state index in [0.717, 1.165) is 4.90 Å². The highest BCUT2D eigenvalue weighted by Crippen LogP contribution is 2.20. The van der Waals surface area contributed by atoms with Gasteiger partial charge in [0.05, 0.1) is 5.69 Å². The maximum atomic E-state index is 12.1. The van der Waals surface area contributed by atoms with Crippen LogP contribution < -0.4 is 10.5 Å². The molecule has 100 valence electrons. The van der Waals surface area contributed by atoms with Crippen LogP contribution in [0.4, 0.5) is 11.6 Å². The van der Waals surface area contributed by atoms with Crippen molar-refractivity contribution in [3.8, 4) is 0 Å². The number of nitrogen functional groups attached to an aromatic ring is 1. The summed E-state index contributed by atoms with van der Waals surface area (Å²) in [4.78, 5) is 8.71. The average molecular weight is 296 g/mol. The van der Waals surface area contributed by atoms with Crippen LogP contribution in [0.25, 0.3) is 0 Å². The number of nitrogens with one attached hydrogen (secondary N) is 1. The van der Waals surface area contributed by atoms with E-state index in [9.17, 15) is 8.42 Å². The number of nitrogens with two attached hydrogens (primary N) is 1. The molecular formula is C11H12N4O2S2. The van der Waals surface area contributed by atoms with Crippen LogP contribution >= 0.6 is 11.8 Å². The van der Waals surface area contributed by atoms with Gasteiger partial charge in [0.1, 0.15) is 4.90 Å². The SMILES string of the molecule is CSc1cnc(NS(=O)(=O)c2ccccc2N)nc1. The molecule has 0 atom stereocenters. The molecule has 0 spiro atoms. The zero-order valence-corrected chi connectivity index (χ0v) is 11.7. The average Bonchev–Trinajstić information content (AvgIpc) is 2.39. The molecule has 0 unspecified atom stereocenters. The Morgan fingerprint density at radius 3 is 2.42 bits per heavy atom. The first-order valence-corrected chi connectivity index (χ1v) is 7.97. The van der Waals surface area contributed by atoms with Crippen molar-refractivity contribution < 1.29 is 8.42 Å². The second-order valence-corrected chi connectivity index (χ2v) is 6.12. The summed E-state index contributed by atoms with van der Waals surface area (Å²) in [7, 11) is -3.77. The Labute approximate surface area is 115 Å². The van der Waals surface area contributed by atoms with Gasteiger partial charge < -0.3 is 5.73 Å². The van der Waals surface area contributed by atoms with E-state index >= 15 is 0 Å². The minimum Gasteiger partial charge on any atom is -0.398 e. The first-order valence-electron chi connectivity index (χ1n) is 5.26. The van der Waals surface area contributed by atoms with Gasteiger partial charge in [0.25, 0.3) is 10.0 Å². The number of thioether (sulfide) groups is 1. The van der Waals surface area contributed by atoms with Crippen molar-refractivity contribution >= 4 is 33.4 Å². The molecule has 0 aliphatic carbocycles. The van der Waals surface area contributed by atoms with E-state index in [4.69, 9.17) is 5.73 Å². The Bertz CT molecular complexity index is 671.